The number of halogens is 2. The molecule has 0 radical (unpaired) electrons. The highest BCUT2D eigenvalue weighted by atomic mass is 35.5. The van der Waals surface area contributed by atoms with Crippen molar-refractivity contribution in [3.63, 3.8) is 0 Å². The molecule has 0 aliphatic heterocycles. The molecule has 0 aromatic heterocycles. The molecule has 0 spiro atoms. The van der Waals surface area contributed by atoms with E-state index in [0.29, 0.717) is 13.0 Å². The number of hydrogen-bond donors (Lipinski definition) is 1. The van der Waals surface area contributed by atoms with Gasteiger partial charge in [0.1, 0.15) is 0 Å². The molecule has 1 atom stereocenters. The molecule has 2 rings (SSSR count). The van der Waals surface area contributed by atoms with Gasteiger partial charge in [-0.2, -0.15) is 0 Å². The van der Waals surface area contributed by atoms with Crippen LogP contribution in [-0.2, 0) is 14.8 Å². The summed E-state index contributed by atoms with van der Waals surface area (Å²) in [5, 5.41) is 3.40. The number of carbonyl (C=O) groups is 1. The molecule has 28 heavy (non-hydrogen) atoms. The van der Waals surface area contributed by atoms with E-state index in [-0.39, 0.29) is 40.5 Å². The Balaban J connectivity index is 1.91. The Kier molecular flexibility index (Phi) is 8.16. The lowest BCUT2D eigenvalue weighted by atomic mass is 10.0. The van der Waals surface area contributed by atoms with Crippen molar-refractivity contribution in [3.8, 4) is 0 Å². The Morgan fingerprint density at radius 1 is 1.07 bits per heavy atom. The average Bonchev–Trinajstić information content (AvgIpc) is 2.64. The van der Waals surface area contributed by atoms with Crippen molar-refractivity contribution in [2.24, 2.45) is 0 Å². The molecule has 0 saturated carbocycles. The maximum atomic E-state index is 12.2. The first-order valence-corrected chi connectivity index (χ1v) is 11.5. The number of sulfonamides is 1. The van der Waals surface area contributed by atoms with Crippen LogP contribution in [0.5, 0.6) is 0 Å². The van der Waals surface area contributed by atoms with Crippen molar-refractivity contribution in [1.29, 1.82) is 0 Å². The second-order valence-corrected chi connectivity index (χ2v) is 9.35. The maximum absolute atomic E-state index is 12.2. The van der Waals surface area contributed by atoms with Crippen LogP contribution in [0, 0.1) is 0 Å². The Bertz CT molecular complexity index is 885. The molecule has 152 valence electrons. The summed E-state index contributed by atoms with van der Waals surface area (Å²) in [7, 11) is -3.59. The number of anilines is 1. The molecule has 8 heteroatoms. The molecule has 0 aliphatic rings. The number of nitrogens with zero attached hydrogens (tertiary/aromatic N) is 1. The SMILES string of the molecule is C[C@@H](CNC(=O)CCCN(c1c(Cl)cccc1Cl)S(C)(=O)=O)c1ccccc1. The van der Waals surface area contributed by atoms with Crippen molar-refractivity contribution in [3.05, 3.63) is 64.1 Å². The lowest BCUT2D eigenvalue weighted by Gasteiger charge is -2.24. The van der Waals surface area contributed by atoms with Crippen LogP contribution in [0.2, 0.25) is 10.0 Å². The van der Waals surface area contributed by atoms with E-state index in [1.807, 2.05) is 37.3 Å². The quantitative estimate of drug-likeness (QED) is 0.623. The average molecular weight is 443 g/mol. The zero-order valence-electron chi connectivity index (χ0n) is 15.9. The topological polar surface area (TPSA) is 66.5 Å². The van der Waals surface area contributed by atoms with Crippen molar-refractivity contribution in [1.82, 2.24) is 5.32 Å². The lowest BCUT2D eigenvalue weighted by Crippen LogP contribution is -2.33. The molecule has 2 aromatic carbocycles. The van der Waals surface area contributed by atoms with Crippen molar-refractivity contribution >= 4 is 44.8 Å². The lowest BCUT2D eigenvalue weighted by molar-refractivity contribution is -0.121. The fraction of sp³-hybridized carbons (Fsp3) is 0.350. The number of carbonyl (C=O) groups excluding carboxylic acids is 1. The second kappa shape index (κ2) is 10.1. The van der Waals surface area contributed by atoms with Crippen LogP contribution in [0.1, 0.15) is 31.2 Å². The van der Waals surface area contributed by atoms with Gasteiger partial charge in [-0.05, 0) is 30.0 Å². The van der Waals surface area contributed by atoms with E-state index in [4.69, 9.17) is 23.2 Å². The van der Waals surface area contributed by atoms with Crippen LogP contribution in [0.15, 0.2) is 48.5 Å². The Hall–Kier alpha value is -1.76. The zero-order chi connectivity index (χ0) is 20.7. The van der Waals surface area contributed by atoms with Gasteiger partial charge in [0.2, 0.25) is 15.9 Å². The number of benzene rings is 2. The maximum Gasteiger partial charge on any atom is 0.232 e. The van der Waals surface area contributed by atoms with Crippen molar-refractivity contribution in [2.75, 3.05) is 23.7 Å². The first kappa shape index (κ1) is 22.5. The Morgan fingerprint density at radius 2 is 1.68 bits per heavy atom. The molecule has 1 amide bonds. The predicted molar refractivity (Wildman–Crippen MR) is 116 cm³/mol. The van der Waals surface area contributed by atoms with Crippen LogP contribution in [0.4, 0.5) is 5.69 Å². The normalized spacial score (nSPS) is 12.4. The number of amides is 1. The van der Waals surface area contributed by atoms with Crippen LogP contribution < -0.4 is 9.62 Å². The summed E-state index contributed by atoms with van der Waals surface area (Å²) >= 11 is 12.3. The van der Waals surface area contributed by atoms with Gasteiger partial charge < -0.3 is 5.32 Å². The van der Waals surface area contributed by atoms with E-state index < -0.39 is 10.0 Å². The number of para-hydroxylation sites is 1. The van der Waals surface area contributed by atoms with Crippen molar-refractivity contribution in [2.45, 2.75) is 25.7 Å². The fourth-order valence-corrected chi connectivity index (χ4v) is 4.50. The monoisotopic (exact) mass is 442 g/mol. The number of nitrogens with one attached hydrogen (secondary N) is 1. The molecule has 0 saturated heterocycles. The zero-order valence-corrected chi connectivity index (χ0v) is 18.2. The smallest absolute Gasteiger partial charge is 0.232 e. The minimum atomic E-state index is -3.59. The summed E-state index contributed by atoms with van der Waals surface area (Å²) < 4.78 is 25.5. The van der Waals surface area contributed by atoms with E-state index in [2.05, 4.69) is 5.32 Å². The fourth-order valence-electron chi connectivity index (χ4n) is 2.81. The summed E-state index contributed by atoms with van der Waals surface area (Å²) in [5.74, 6) is 0.0705. The largest absolute Gasteiger partial charge is 0.356 e. The first-order valence-electron chi connectivity index (χ1n) is 8.93. The molecule has 0 heterocycles. The van der Waals surface area contributed by atoms with E-state index in [1.54, 1.807) is 18.2 Å². The highest BCUT2D eigenvalue weighted by Crippen LogP contribution is 2.35. The van der Waals surface area contributed by atoms with E-state index >= 15 is 0 Å². The van der Waals surface area contributed by atoms with Gasteiger partial charge in [0.15, 0.2) is 0 Å². The van der Waals surface area contributed by atoms with Gasteiger partial charge in [0.25, 0.3) is 0 Å². The predicted octanol–water partition coefficient (Wildman–Crippen LogP) is 4.46. The molecule has 1 N–H and O–H groups in total. The van der Waals surface area contributed by atoms with Gasteiger partial charge in [-0.3, -0.25) is 9.10 Å². The Morgan fingerprint density at radius 3 is 2.25 bits per heavy atom. The molecular weight excluding hydrogens is 419 g/mol. The summed E-state index contributed by atoms with van der Waals surface area (Å²) in [4.78, 5) is 12.1. The molecule has 0 fully saturated rings. The van der Waals surface area contributed by atoms with E-state index in [9.17, 15) is 13.2 Å². The number of hydrogen-bond acceptors (Lipinski definition) is 3. The van der Waals surface area contributed by atoms with Crippen molar-refractivity contribution < 1.29 is 13.2 Å². The van der Waals surface area contributed by atoms with Crippen LogP contribution in [-0.4, -0.2) is 33.7 Å². The van der Waals surface area contributed by atoms with Gasteiger partial charge in [0, 0.05) is 19.5 Å². The van der Waals surface area contributed by atoms with Gasteiger partial charge in [0.05, 0.1) is 22.0 Å². The molecule has 0 aliphatic carbocycles. The van der Waals surface area contributed by atoms with Gasteiger partial charge in [-0.25, -0.2) is 8.42 Å². The second-order valence-electron chi connectivity index (χ2n) is 6.62. The van der Waals surface area contributed by atoms with Gasteiger partial charge in [-0.1, -0.05) is 66.5 Å². The molecule has 5 nitrogen and oxygen atoms in total. The third-order valence-corrected chi connectivity index (χ3v) is 6.10. The van der Waals surface area contributed by atoms with Crippen LogP contribution in [0.3, 0.4) is 0 Å². The minimum absolute atomic E-state index is 0.115. The minimum Gasteiger partial charge on any atom is -0.356 e. The standard InChI is InChI=1S/C20H24Cl2N2O3S/c1-15(16-8-4-3-5-9-16)14-23-19(25)12-7-13-24(28(2,26)27)20-17(21)10-6-11-18(20)22/h3-6,8-11,15H,7,12-14H2,1-2H3,(H,23,25)/t15-/m0/s1. The third kappa shape index (κ3) is 6.40. The third-order valence-electron chi connectivity index (χ3n) is 4.33. The molecule has 0 bridgehead atoms. The van der Waals surface area contributed by atoms with Gasteiger partial charge >= 0.3 is 0 Å². The summed E-state index contributed by atoms with van der Waals surface area (Å²) in [6.07, 6.45) is 1.64. The summed E-state index contributed by atoms with van der Waals surface area (Å²) in [5.41, 5.74) is 1.39. The molecule has 0 unspecified atom stereocenters. The highest BCUT2D eigenvalue weighted by Gasteiger charge is 2.22. The summed E-state index contributed by atoms with van der Waals surface area (Å²) in [6, 6.07) is 14.7. The van der Waals surface area contributed by atoms with E-state index in [1.165, 1.54) is 0 Å². The Labute approximate surface area is 176 Å². The van der Waals surface area contributed by atoms with Crippen LogP contribution >= 0.6 is 23.2 Å². The highest BCUT2D eigenvalue weighted by molar-refractivity contribution is 7.92. The molecular formula is C20H24Cl2N2O3S. The molecule has 2 aromatic rings. The van der Waals surface area contributed by atoms with Crippen LogP contribution in [0.25, 0.3) is 0 Å². The van der Waals surface area contributed by atoms with E-state index in [0.717, 1.165) is 16.1 Å². The summed E-state index contributed by atoms with van der Waals surface area (Å²) in [6.45, 7) is 2.68. The first-order chi connectivity index (χ1) is 13.2. The van der Waals surface area contributed by atoms with Gasteiger partial charge in [-0.15, -0.1) is 0 Å². The number of rotatable bonds is 9.